The molecule has 10 heteroatoms. The highest BCUT2D eigenvalue weighted by atomic mass is 35.5. The van der Waals surface area contributed by atoms with Crippen LogP contribution in [0.4, 0.5) is 0 Å². The Morgan fingerprint density at radius 2 is 1.88 bits per heavy atom. The van der Waals surface area contributed by atoms with Crippen LogP contribution in [0.25, 0.3) is 0 Å². The van der Waals surface area contributed by atoms with Gasteiger partial charge >= 0.3 is 0 Å². The van der Waals surface area contributed by atoms with E-state index in [1.54, 1.807) is 4.90 Å². The first kappa shape index (κ1) is 19.6. The van der Waals surface area contributed by atoms with Crippen molar-refractivity contribution in [2.24, 2.45) is 0 Å². The number of rotatable bonds is 4. The SMILES string of the molecule is Cc1nc(CC(=O)N2CCN(S(=O)(=O)c3ccc(Cl)c(Cl)c3)CC2)cs1. The van der Waals surface area contributed by atoms with Crippen LogP contribution in [0, 0.1) is 6.92 Å². The first-order valence-corrected chi connectivity index (χ1v) is 11.0. The Morgan fingerprint density at radius 3 is 2.46 bits per heavy atom. The van der Waals surface area contributed by atoms with Crippen molar-refractivity contribution in [3.8, 4) is 0 Å². The number of hydrogen-bond donors (Lipinski definition) is 0. The molecule has 1 aliphatic heterocycles. The van der Waals surface area contributed by atoms with Gasteiger partial charge in [0.05, 0.1) is 32.1 Å². The van der Waals surface area contributed by atoms with E-state index >= 15 is 0 Å². The lowest BCUT2D eigenvalue weighted by molar-refractivity contribution is -0.131. The molecule has 0 aliphatic carbocycles. The zero-order valence-electron chi connectivity index (χ0n) is 14.0. The van der Waals surface area contributed by atoms with Crippen molar-refractivity contribution in [1.29, 1.82) is 0 Å². The van der Waals surface area contributed by atoms with Gasteiger partial charge in [0, 0.05) is 31.6 Å². The van der Waals surface area contributed by atoms with Gasteiger partial charge in [0.15, 0.2) is 0 Å². The van der Waals surface area contributed by atoms with E-state index in [0.717, 1.165) is 10.7 Å². The van der Waals surface area contributed by atoms with Gasteiger partial charge in [0.1, 0.15) is 0 Å². The summed E-state index contributed by atoms with van der Waals surface area (Å²) in [5.74, 6) is -0.0399. The predicted octanol–water partition coefficient (Wildman–Crippen LogP) is 2.83. The lowest BCUT2D eigenvalue weighted by atomic mass is 10.2. The molecule has 140 valence electrons. The number of thiazole rings is 1. The minimum absolute atomic E-state index is 0.0399. The smallest absolute Gasteiger partial charge is 0.243 e. The Bertz CT molecular complexity index is 923. The van der Waals surface area contributed by atoms with Crippen molar-refractivity contribution in [2.45, 2.75) is 18.2 Å². The fourth-order valence-corrected chi connectivity index (χ4v) is 5.14. The van der Waals surface area contributed by atoms with Gasteiger partial charge in [-0.05, 0) is 25.1 Å². The summed E-state index contributed by atoms with van der Waals surface area (Å²) in [5, 5.41) is 3.29. The number of nitrogens with zero attached hydrogens (tertiary/aromatic N) is 3. The largest absolute Gasteiger partial charge is 0.340 e. The molecule has 2 heterocycles. The van der Waals surface area contributed by atoms with Crippen LogP contribution in [-0.2, 0) is 21.2 Å². The molecule has 0 N–H and O–H groups in total. The Hall–Kier alpha value is -1.19. The number of aryl methyl sites for hydroxylation is 1. The third kappa shape index (κ3) is 4.20. The van der Waals surface area contributed by atoms with Gasteiger partial charge in [-0.15, -0.1) is 11.3 Å². The zero-order chi connectivity index (χ0) is 18.9. The molecule has 1 saturated heterocycles. The van der Waals surface area contributed by atoms with Crippen molar-refractivity contribution in [1.82, 2.24) is 14.2 Å². The first-order chi connectivity index (χ1) is 12.3. The summed E-state index contributed by atoms with van der Waals surface area (Å²) in [5.41, 5.74) is 0.753. The molecule has 0 unspecified atom stereocenters. The molecule has 1 aliphatic rings. The summed E-state index contributed by atoms with van der Waals surface area (Å²) in [6.45, 7) is 3.07. The van der Waals surface area contributed by atoms with E-state index in [4.69, 9.17) is 23.2 Å². The topological polar surface area (TPSA) is 70.6 Å². The summed E-state index contributed by atoms with van der Waals surface area (Å²) in [6, 6.07) is 4.25. The van der Waals surface area contributed by atoms with E-state index in [1.807, 2.05) is 12.3 Å². The van der Waals surface area contributed by atoms with Crippen LogP contribution < -0.4 is 0 Å². The molecular weight excluding hydrogens is 417 g/mol. The third-order valence-electron chi connectivity index (χ3n) is 4.12. The molecule has 1 aromatic heterocycles. The van der Waals surface area contributed by atoms with Gasteiger partial charge in [-0.2, -0.15) is 4.31 Å². The molecular formula is C16H17Cl2N3O3S2. The Kier molecular flexibility index (Phi) is 5.88. The van der Waals surface area contributed by atoms with Gasteiger partial charge in [-0.1, -0.05) is 23.2 Å². The molecule has 6 nitrogen and oxygen atoms in total. The number of halogens is 2. The number of carbonyl (C=O) groups excluding carboxylic acids is 1. The number of benzene rings is 1. The highest BCUT2D eigenvalue weighted by Crippen LogP contribution is 2.27. The number of aromatic nitrogens is 1. The molecule has 0 spiro atoms. The summed E-state index contributed by atoms with van der Waals surface area (Å²) < 4.78 is 26.8. The van der Waals surface area contributed by atoms with Gasteiger partial charge in [0.2, 0.25) is 15.9 Å². The Balaban J connectivity index is 1.63. The maximum Gasteiger partial charge on any atom is 0.243 e. The number of hydrogen-bond acceptors (Lipinski definition) is 5. The Morgan fingerprint density at radius 1 is 1.19 bits per heavy atom. The summed E-state index contributed by atoms with van der Waals surface area (Å²) in [4.78, 5) is 18.4. The van der Waals surface area contributed by atoms with Crippen LogP contribution >= 0.6 is 34.5 Å². The predicted molar refractivity (Wildman–Crippen MR) is 102 cm³/mol. The van der Waals surface area contributed by atoms with Crippen LogP contribution in [0.2, 0.25) is 10.0 Å². The summed E-state index contributed by atoms with van der Waals surface area (Å²) in [7, 11) is -3.66. The lowest BCUT2D eigenvalue weighted by Gasteiger charge is -2.34. The molecule has 3 rings (SSSR count). The molecule has 26 heavy (non-hydrogen) atoms. The molecule has 0 saturated carbocycles. The minimum Gasteiger partial charge on any atom is -0.340 e. The van der Waals surface area contributed by atoms with Gasteiger partial charge in [-0.3, -0.25) is 4.79 Å². The van der Waals surface area contributed by atoms with E-state index in [-0.39, 0.29) is 35.3 Å². The average Bonchev–Trinajstić information content (AvgIpc) is 3.02. The summed E-state index contributed by atoms with van der Waals surface area (Å²) in [6.07, 6.45) is 0.240. The van der Waals surface area contributed by atoms with E-state index in [9.17, 15) is 13.2 Å². The second-order valence-corrected chi connectivity index (χ2v) is 9.71. The first-order valence-electron chi connectivity index (χ1n) is 7.91. The number of carbonyl (C=O) groups is 1. The normalized spacial score (nSPS) is 16.0. The standard InChI is InChI=1S/C16H17Cl2N3O3S2/c1-11-19-12(10-25-11)8-16(22)20-4-6-21(7-5-20)26(23,24)13-2-3-14(17)15(18)9-13/h2-3,9-10H,4-8H2,1H3. The van der Waals surface area contributed by atoms with Crippen LogP contribution in [0.15, 0.2) is 28.5 Å². The molecule has 2 aromatic rings. The zero-order valence-corrected chi connectivity index (χ0v) is 17.1. The van der Waals surface area contributed by atoms with Crippen molar-refractivity contribution in [3.63, 3.8) is 0 Å². The molecule has 1 fully saturated rings. The molecule has 1 amide bonds. The average molecular weight is 434 g/mol. The molecule has 0 radical (unpaired) electrons. The third-order valence-corrected chi connectivity index (χ3v) is 7.58. The minimum atomic E-state index is -3.66. The van der Waals surface area contributed by atoms with E-state index in [2.05, 4.69) is 4.98 Å². The number of sulfonamides is 1. The monoisotopic (exact) mass is 433 g/mol. The van der Waals surface area contributed by atoms with Crippen LogP contribution in [0.1, 0.15) is 10.7 Å². The Labute approximate surface area is 166 Å². The van der Waals surface area contributed by atoms with Crippen molar-refractivity contribution >= 4 is 50.5 Å². The van der Waals surface area contributed by atoms with Crippen molar-refractivity contribution < 1.29 is 13.2 Å². The maximum absolute atomic E-state index is 12.7. The molecule has 0 atom stereocenters. The van der Waals surface area contributed by atoms with Crippen LogP contribution in [0.5, 0.6) is 0 Å². The second-order valence-electron chi connectivity index (χ2n) is 5.90. The van der Waals surface area contributed by atoms with Gasteiger partial charge < -0.3 is 4.90 Å². The van der Waals surface area contributed by atoms with Crippen molar-refractivity contribution in [3.05, 3.63) is 44.3 Å². The second kappa shape index (κ2) is 7.82. The lowest BCUT2D eigenvalue weighted by Crippen LogP contribution is -2.50. The van der Waals surface area contributed by atoms with Crippen LogP contribution in [-0.4, -0.2) is 54.7 Å². The molecule has 1 aromatic carbocycles. The highest BCUT2D eigenvalue weighted by molar-refractivity contribution is 7.89. The van der Waals surface area contributed by atoms with E-state index in [0.29, 0.717) is 18.1 Å². The quantitative estimate of drug-likeness (QED) is 0.742. The highest BCUT2D eigenvalue weighted by Gasteiger charge is 2.30. The number of amides is 1. The number of piperazine rings is 1. The molecule has 0 bridgehead atoms. The van der Waals surface area contributed by atoms with E-state index < -0.39 is 10.0 Å². The fraction of sp³-hybridized carbons (Fsp3) is 0.375. The fourth-order valence-electron chi connectivity index (χ4n) is 2.72. The van der Waals surface area contributed by atoms with Crippen molar-refractivity contribution in [2.75, 3.05) is 26.2 Å². The van der Waals surface area contributed by atoms with E-state index in [1.165, 1.54) is 33.8 Å². The maximum atomic E-state index is 12.7. The van der Waals surface area contributed by atoms with Gasteiger partial charge in [0.25, 0.3) is 0 Å². The van der Waals surface area contributed by atoms with Gasteiger partial charge in [-0.25, -0.2) is 13.4 Å². The summed E-state index contributed by atoms with van der Waals surface area (Å²) >= 11 is 13.3. The van der Waals surface area contributed by atoms with Crippen LogP contribution in [0.3, 0.4) is 0 Å².